The molecule has 8 nitrogen and oxygen atoms in total. The first-order chi connectivity index (χ1) is 14.0. The van der Waals surface area contributed by atoms with Gasteiger partial charge in [0, 0.05) is 14.2 Å². The Morgan fingerprint density at radius 2 is 1.45 bits per heavy atom. The Balaban J connectivity index is 5.40. The molecule has 0 bridgehead atoms. The van der Waals surface area contributed by atoms with E-state index in [-0.39, 0.29) is 42.1 Å². The Kier molecular flexibility index (Phi) is 11.7. The van der Waals surface area contributed by atoms with E-state index in [1.807, 2.05) is 53.6 Å². The van der Waals surface area contributed by atoms with Crippen LogP contribution in [0.4, 0.5) is 0 Å². The second kappa shape index (κ2) is 12.4. The second-order valence-corrected chi connectivity index (χ2v) is 10.1. The number of rotatable bonds is 11. The summed E-state index contributed by atoms with van der Waals surface area (Å²) >= 11 is 0. The molecule has 31 heavy (non-hydrogen) atoms. The van der Waals surface area contributed by atoms with Gasteiger partial charge in [0.25, 0.3) is 0 Å². The Hall–Kier alpha value is -1.67. The van der Waals surface area contributed by atoms with E-state index in [9.17, 15) is 14.4 Å². The topological polar surface area (TPSA) is 88.2 Å². The number of methoxy groups -OCH3 is 1. The highest BCUT2D eigenvalue weighted by molar-refractivity contribution is 5.90. The van der Waals surface area contributed by atoms with E-state index in [1.54, 1.807) is 32.7 Å². The zero-order chi connectivity index (χ0) is 24.7. The van der Waals surface area contributed by atoms with E-state index in [4.69, 9.17) is 9.47 Å². The highest BCUT2D eigenvalue weighted by atomic mass is 16.6. The minimum Gasteiger partial charge on any atom is -0.460 e. The van der Waals surface area contributed by atoms with Gasteiger partial charge in [-0.05, 0) is 53.6 Å². The van der Waals surface area contributed by atoms with Crippen molar-refractivity contribution in [2.75, 3.05) is 28.3 Å². The Bertz CT molecular complexity index is 591. The number of carbonyl (C=O) groups is 3. The lowest BCUT2D eigenvalue weighted by Gasteiger charge is -2.36. The Morgan fingerprint density at radius 3 is 1.81 bits per heavy atom. The molecule has 0 unspecified atom stereocenters. The van der Waals surface area contributed by atoms with Crippen LogP contribution in [0.1, 0.15) is 61.8 Å². The zero-order valence-electron chi connectivity index (χ0n) is 21.6. The molecule has 0 saturated carbocycles. The van der Waals surface area contributed by atoms with Crippen molar-refractivity contribution in [3.63, 3.8) is 0 Å². The Morgan fingerprint density at radius 1 is 0.935 bits per heavy atom. The molecule has 0 aliphatic rings. The predicted octanol–water partition coefficient (Wildman–Crippen LogP) is 2.31. The fourth-order valence-corrected chi connectivity index (χ4v) is 3.55. The molecule has 4 atom stereocenters. The molecule has 0 aromatic rings. The van der Waals surface area contributed by atoms with Crippen molar-refractivity contribution in [1.29, 1.82) is 0 Å². The van der Waals surface area contributed by atoms with Crippen LogP contribution in [0.3, 0.4) is 0 Å². The summed E-state index contributed by atoms with van der Waals surface area (Å²) in [6.07, 6.45) is -0.501. The van der Waals surface area contributed by atoms with E-state index in [1.165, 1.54) is 7.11 Å². The van der Waals surface area contributed by atoms with E-state index in [0.29, 0.717) is 0 Å². The lowest BCUT2D eigenvalue weighted by Crippen LogP contribution is -2.58. The predicted molar refractivity (Wildman–Crippen MR) is 123 cm³/mol. The maximum atomic E-state index is 13.3. The van der Waals surface area contributed by atoms with Gasteiger partial charge in [-0.3, -0.25) is 19.3 Å². The van der Waals surface area contributed by atoms with Crippen LogP contribution in [0, 0.1) is 11.8 Å². The molecule has 0 spiro atoms. The maximum Gasteiger partial charge on any atom is 0.309 e. The Labute approximate surface area is 189 Å². The molecule has 0 aliphatic heterocycles. The molecule has 1 N–H and O–H groups in total. The average molecular weight is 444 g/mol. The van der Waals surface area contributed by atoms with Crippen molar-refractivity contribution in [2.45, 2.75) is 91.6 Å². The number of esters is 1. The highest BCUT2D eigenvalue weighted by Gasteiger charge is 2.35. The van der Waals surface area contributed by atoms with Gasteiger partial charge >= 0.3 is 5.97 Å². The van der Waals surface area contributed by atoms with Crippen molar-refractivity contribution < 1.29 is 23.9 Å². The summed E-state index contributed by atoms with van der Waals surface area (Å²) in [5, 5.41) is 2.94. The first kappa shape index (κ1) is 29.3. The highest BCUT2D eigenvalue weighted by Crippen LogP contribution is 2.17. The summed E-state index contributed by atoms with van der Waals surface area (Å²) in [5.74, 6) is -0.783. The molecule has 0 rings (SSSR count). The van der Waals surface area contributed by atoms with E-state index in [0.717, 1.165) is 0 Å². The second-order valence-electron chi connectivity index (χ2n) is 10.1. The van der Waals surface area contributed by atoms with Crippen LogP contribution in [-0.2, 0) is 23.9 Å². The van der Waals surface area contributed by atoms with Gasteiger partial charge in [-0.1, -0.05) is 27.7 Å². The van der Waals surface area contributed by atoms with Crippen LogP contribution >= 0.6 is 0 Å². The largest absolute Gasteiger partial charge is 0.460 e. The van der Waals surface area contributed by atoms with Gasteiger partial charge in [-0.15, -0.1) is 0 Å². The van der Waals surface area contributed by atoms with Gasteiger partial charge in [0.2, 0.25) is 11.8 Å². The van der Waals surface area contributed by atoms with Gasteiger partial charge in [0.15, 0.2) is 0 Å². The lowest BCUT2D eigenvalue weighted by molar-refractivity contribution is -0.159. The van der Waals surface area contributed by atoms with E-state index in [2.05, 4.69) is 5.32 Å². The smallest absolute Gasteiger partial charge is 0.309 e. The molecular formula is C23H45N3O5. The quantitative estimate of drug-likeness (QED) is 0.493. The summed E-state index contributed by atoms with van der Waals surface area (Å²) in [7, 11) is 6.88. The monoisotopic (exact) mass is 443 g/mol. The van der Waals surface area contributed by atoms with Crippen molar-refractivity contribution in [3.05, 3.63) is 0 Å². The molecule has 0 fully saturated rings. The van der Waals surface area contributed by atoms with Crippen LogP contribution < -0.4 is 5.32 Å². The number of carbonyl (C=O) groups excluding carboxylic acids is 3. The summed E-state index contributed by atoms with van der Waals surface area (Å²) in [6.45, 7) is 15.0. The zero-order valence-corrected chi connectivity index (χ0v) is 21.6. The summed E-state index contributed by atoms with van der Waals surface area (Å²) in [6, 6.07) is -1.41. The van der Waals surface area contributed by atoms with Gasteiger partial charge < -0.3 is 19.7 Å². The maximum absolute atomic E-state index is 13.3. The van der Waals surface area contributed by atoms with E-state index < -0.39 is 23.8 Å². The van der Waals surface area contributed by atoms with Crippen LogP contribution in [0.2, 0.25) is 0 Å². The molecule has 182 valence electrons. The molecule has 0 aromatic carbocycles. The van der Waals surface area contributed by atoms with Crippen molar-refractivity contribution in [2.24, 2.45) is 11.8 Å². The standard InChI is InChI=1S/C23H45N3O5/c1-14(2)19(24-21(28)20(15(3)4)25(9)10)22(29)26(11)16(5)17(30-12)13-18(27)31-23(6,7)8/h14-17,19-20H,13H2,1-12H3,(H,24,28)/t16-,17+,19-,20-/m0/s1. The first-order valence-electron chi connectivity index (χ1n) is 11.0. The number of nitrogens with one attached hydrogen (secondary N) is 1. The molecule has 0 aromatic heterocycles. The molecular weight excluding hydrogens is 398 g/mol. The van der Waals surface area contributed by atoms with Crippen molar-refractivity contribution >= 4 is 17.8 Å². The van der Waals surface area contributed by atoms with Crippen LogP contribution in [0.25, 0.3) is 0 Å². The summed E-state index contributed by atoms with van der Waals surface area (Å²) < 4.78 is 10.9. The molecule has 0 aliphatic carbocycles. The fourth-order valence-electron chi connectivity index (χ4n) is 3.55. The van der Waals surface area contributed by atoms with Gasteiger partial charge in [0.05, 0.1) is 24.6 Å². The van der Waals surface area contributed by atoms with Gasteiger partial charge in [-0.2, -0.15) is 0 Å². The average Bonchev–Trinajstić information content (AvgIpc) is 2.59. The number of hydrogen-bond donors (Lipinski definition) is 1. The SMILES string of the molecule is CO[C@H](CC(=O)OC(C)(C)C)[C@H](C)N(C)C(=O)[C@@H](NC(=O)[C@H](C(C)C)N(C)C)C(C)C. The third-order valence-corrected chi connectivity index (χ3v) is 5.27. The van der Waals surface area contributed by atoms with Crippen molar-refractivity contribution in [1.82, 2.24) is 15.1 Å². The number of ether oxygens (including phenoxy) is 2. The van der Waals surface area contributed by atoms with E-state index >= 15 is 0 Å². The number of hydrogen-bond acceptors (Lipinski definition) is 6. The summed E-state index contributed by atoms with van der Waals surface area (Å²) in [5.41, 5.74) is -0.591. The van der Waals surface area contributed by atoms with Gasteiger partial charge in [0.1, 0.15) is 11.6 Å². The number of amides is 2. The number of likely N-dealkylation sites (N-methyl/N-ethyl adjacent to an activating group) is 2. The summed E-state index contributed by atoms with van der Waals surface area (Å²) in [4.78, 5) is 41.8. The minimum atomic E-state index is -0.680. The number of nitrogens with zero attached hydrogens (tertiary/aromatic N) is 2. The normalized spacial score (nSPS) is 16.1. The van der Waals surface area contributed by atoms with Crippen molar-refractivity contribution in [3.8, 4) is 0 Å². The lowest BCUT2D eigenvalue weighted by atomic mass is 9.98. The minimum absolute atomic E-state index is 0.0291. The van der Waals surface area contributed by atoms with Crippen LogP contribution in [0.5, 0.6) is 0 Å². The first-order valence-corrected chi connectivity index (χ1v) is 11.0. The molecule has 0 radical (unpaired) electrons. The fraction of sp³-hybridized carbons (Fsp3) is 0.870. The van der Waals surface area contributed by atoms with Gasteiger partial charge in [-0.25, -0.2) is 0 Å². The molecule has 0 heterocycles. The molecule has 0 saturated heterocycles. The van der Waals surface area contributed by atoms with Crippen LogP contribution in [-0.4, -0.2) is 85.7 Å². The van der Waals surface area contributed by atoms with Crippen LogP contribution in [0.15, 0.2) is 0 Å². The third-order valence-electron chi connectivity index (χ3n) is 5.27. The molecule has 8 heteroatoms. The molecule has 2 amide bonds. The third kappa shape index (κ3) is 9.56.